The molecule has 0 radical (unpaired) electrons. The van der Waals surface area contributed by atoms with Crippen LogP contribution in [0.3, 0.4) is 0 Å². The van der Waals surface area contributed by atoms with E-state index in [-0.39, 0.29) is 10.9 Å². The first kappa shape index (κ1) is 20.0. The van der Waals surface area contributed by atoms with Crippen molar-refractivity contribution >= 4 is 29.1 Å². The average molecular weight is 414 g/mol. The Balaban J connectivity index is 1.78. The smallest absolute Gasteiger partial charge is 0.297 e. The van der Waals surface area contributed by atoms with Crippen LogP contribution in [0.4, 0.5) is 8.78 Å². The number of alkyl halides is 2. The van der Waals surface area contributed by atoms with E-state index in [2.05, 4.69) is 15.3 Å². The summed E-state index contributed by atoms with van der Waals surface area (Å²) >= 11 is 12.1. The van der Waals surface area contributed by atoms with Crippen LogP contribution in [0.2, 0.25) is 10.0 Å². The Morgan fingerprint density at radius 2 is 1.96 bits per heavy atom. The summed E-state index contributed by atoms with van der Waals surface area (Å²) in [5, 5.41) is 3.40. The number of nitrogens with zero attached hydrogens (tertiary/aromatic N) is 2. The normalized spacial score (nSPS) is 16.2. The third-order valence-electron chi connectivity index (χ3n) is 4.84. The minimum atomic E-state index is -2.71. The van der Waals surface area contributed by atoms with Crippen molar-refractivity contribution in [1.29, 1.82) is 0 Å². The van der Waals surface area contributed by atoms with Crippen LogP contribution < -0.4 is 5.32 Å². The van der Waals surface area contributed by atoms with Gasteiger partial charge in [-0.15, -0.1) is 0 Å². The summed E-state index contributed by atoms with van der Waals surface area (Å²) < 4.78 is 25.4. The summed E-state index contributed by atoms with van der Waals surface area (Å²) in [6.45, 7) is 2.29. The van der Waals surface area contributed by atoms with Crippen molar-refractivity contribution in [2.75, 3.05) is 6.54 Å². The SMILES string of the molecule is CC(CNC(=O)c1cccc(Cl)c1Cl)(CC1CC1)c1cnc(C(F)F)nc1. The molecule has 0 spiro atoms. The molecule has 0 bridgehead atoms. The quantitative estimate of drug-likeness (QED) is 0.677. The van der Waals surface area contributed by atoms with Crippen LogP contribution in [0, 0.1) is 5.92 Å². The van der Waals surface area contributed by atoms with Crippen LogP contribution in [0.25, 0.3) is 0 Å². The average Bonchev–Trinajstić information content (AvgIpc) is 3.46. The van der Waals surface area contributed by atoms with Crippen LogP contribution in [-0.2, 0) is 5.41 Å². The largest absolute Gasteiger partial charge is 0.351 e. The summed E-state index contributed by atoms with van der Waals surface area (Å²) in [5.41, 5.74) is 0.543. The second-order valence-corrected chi connectivity index (χ2v) is 7.91. The maximum Gasteiger partial charge on any atom is 0.297 e. The molecule has 2 aromatic rings. The van der Waals surface area contributed by atoms with Crippen LogP contribution in [0.1, 0.15) is 54.4 Å². The lowest BCUT2D eigenvalue weighted by molar-refractivity contribution is 0.0942. The maximum absolute atomic E-state index is 12.7. The van der Waals surface area contributed by atoms with Crippen LogP contribution in [-0.4, -0.2) is 22.4 Å². The molecule has 1 atom stereocenters. The zero-order valence-electron chi connectivity index (χ0n) is 14.7. The molecule has 1 aliphatic rings. The van der Waals surface area contributed by atoms with Gasteiger partial charge >= 0.3 is 0 Å². The lowest BCUT2D eigenvalue weighted by atomic mass is 9.79. The Hall–Kier alpha value is -1.79. The fourth-order valence-corrected chi connectivity index (χ4v) is 3.45. The molecule has 1 fully saturated rings. The highest BCUT2D eigenvalue weighted by Gasteiger charge is 2.36. The van der Waals surface area contributed by atoms with Crippen LogP contribution in [0.5, 0.6) is 0 Å². The minimum absolute atomic E-state index is 0.199. The van der Waals surface area contributed by atoms with Gasteiger partial charge in [0.15, 0.2) is 5.82 Å². The summed E-state index contributed by atoms with van der Waals surface area (Å²) in [6.07, 6.45) is 3.20. The predicted octanol–water partition coefficient (Wildman–Crippen LogP) is 5.21. The number of hydrogen-bond acceptors (Lipinski definition) is 3. The molecule has 1 aromatic carbocycles. The van der Waals surface area contributed by atoms with E-state index in [1.807, 2.05) is 6.92 Å². The first-order valence-electron chi connectivity index (χ1n) is 8.63. The molecule has 4 nitrogen and oxygen atoms in total. The number of nitrogens with one attached hydrogen (secondary N) is 1. The number of benzene rings is 1. The van der Waals surface area contributed by atoms with Crippen molar-refractivity contribution in [2.45, 2.75) is 38.0 Å². The number of carbonyl (C=O) groups excluding carboxylic acids is 1. The molecule has 1 heterocycles. The molecule has 1 aromatic heterocycles. The van der Waals surface area contributed by atoms with Gasteiger partial charge in [0, 0.05) is 24.4 Å². The van der Waals surface area contributed by atoms with Gasteiger partial charge in [0.05, 0.1) is 15.6 Å². The van der Waals surface area contributed by atoms with Crippen molar-refractivity contribution in [3.8, 4) is 0 Å². The Labute approximate surface area is 166 Å². The first-order valence-corrected chi connectivity index (χ1v) is 9.38. The maximum atomic E-state index is 12.7. The molecule has 8 heteroatoms. The lowest BCUT2D eigenvalue weighted by Crippen LogP contribution is -2.39. The van der Waals surface area contributed by atoms with Crippen molar-refractivity contribution in [1.82, 2.24) is 15.3 Å². The van der Waals surface area contributed by atoms with E-state index in [0.717, 1.165) is 24.8 Å². The van der Waals surface area contributed by atoms with E-state index in [1.165, 1.54) is 12.4 Å². The molecule has 3 rings (SSSR count). The Morgan fingerprint density at radius 1 is 1.30 bits per heavy atom. The highest BCUT2D eigenvalue weighted by atomic mass is 35.5. The molecule has 0 saturated heterocycles. The molecule has 1 aliphatic carbocycles. The van der Waals surface area contributed by atoms with Gasteiger partial charge in [-0.05, 0) is 30.0 Å². The summed E-state index contributed by atoms with van der Waals surface area (Å²) in [6, 6.07) is 4.87. The zero-order chi connectivity index (χ0) is 19.6. The van der Waals surface area contributed by atoms with E-state index < -0.39 is 17.7 Å². The zero-order valence-corrected chi connectivity index (χ0v) is 16.2. The first-order chi connectivity index (χ1) is 12.8. The Bertz CT molecular complexity index is 828. The third kappa shape index (κ3) is 4.74. The van der Waals surface area contributed by atoms with Gasteiger partial charge in [-0.3, -0.25) is 4.79 Å². The molecule has 1 unspecified atom stereocenters. The van der Waals surface area contributed by atoms with Crippen molar-refractivity contribution < 1.29 is 13.6 Å². The summed E-state index contributed by atoms with van der Waals surface area (Å²) in [5.74, 6) is -0.284. The van der Waals surface area contributed by atoms with Crippen molar-refractivity contribution in [2.24, 2.45) is 5.92 Å². The van der Waals surface area contributed by atoms with Gasteiger partial charge in [0.25, 0.3) is 12.3 Å². The van der Waals surface area contributed by atoms with Crippen molar-refractivity contribution in [3.63, 3.8) is 0 Å². The van der Waals surface area contributed by atoms with Gasteiger partial charge in [0.2, 0.25) is 0 Å². The molecule has 0 aliphatic heterocycles. The number of aromatic nitrogens is 2. The van der Waals surface area contributed by atoms with Crippen LogP contribution in [0.15, 0.2) is 30.6 Å². The van der Waals surface area contributed by atoms with E-state index in [1.54, 1.807) is 18.2 Å². The molecular formula is C19H19Cl2F2N3O. The number of amides is 1. The molecule has 144 valence electrons. The van der Waals surface area contributed by atoms with Gasteiger partial charge in [0.1, 0.15) is 0 Å². The topological polar surface area (TPSA) is 54.9 Å². The van der Waals surface area contributed by atoms with Gasteiger partial charge in [-0.25, -0.2) is 18.7 Å². The Kier molecular flexibility index (Phi) is 5.96. The van der Waals surface area contributed by atoms with Gasteiger partial charge < -0.3 is 5.32 Å². The number of carbonyl (C=O) groups is 1. The highest BCUT2D eigenvalue weighted by Crippen LogP contribution is 2.41. The van der Waals surface area contributed by atoms with Crippen LogP contribution >= 0.6 is 23.2 Å². The lowest BCUT2D eigenvalue weighted by Gasteiger charge is -2.30. The molecule has 27 heavy (non-hydrogen) atoms. The van der Waals surface area contributed by atoms with E-state index in [9.17, 15) is 13.6 Å². The summed E-state index contributed by atoms with van der Waals surface area (Å²) in [4.78, 5) is 20.1. The monoisotopic (exact) mass is 413 g/mol. The standard InChI is InChI=1S/C19H19Cl2F2N3O/c1-19(7-11-5-6-11,12-8-24-17(16(22)23)25-9-12)10-26-18(27)13-3-2-4-14(20)15(13)21/h2-4,8-9,11,16H,5-7,10H2,1H3,(H,26,27). The summed E-state index contributed by atoms with van der Waals surface area (Å²) in [7, 11) is 0. The van der Waals surface area contributed by atoms with E-state index >= 15 is 0 Å². The third-order valence-corrected chi connectivity index (χ3v) is 5.65. The van der Waals surface area contributed by atoms with E-state index in [4.69, 9.17) is 23.2 Å². The molecule has 1 saturated carbocycles. The van der Waals surface area contributed by atoms with Gasteiger partial charge in [-0.2, -0.15) is 0 Å². The number of hydrogen-bond donors (Lipinski definition) is 1. The molecule has 1 N–H and O–H groups in total. The molecular weight excluding hydrogens is 395 g/mol. The number of rotatable bonds is 7. The fourth-order valence-electron chi connectivity index (χ4n) is 3.06. The second-order valence-electron chi connectivity index (χ2n) is 7.12. The number of halogens is 4. The van der Waals surface area contributed by atoms with Gasteiger partial charge in [-0.1, -0.05) is 49.0 Å². The van der Waals surface area contributed by atoms with E-state index in [0.29, 0.717) is 23.0 Å². The molecule has 1 amide bonds. The predicted molar refractivity (Wildman–Crippen MR) is 100 cm³/mol. The Morgan fingerprint density at radius 3 is 2.56 bits per heavy atom. The fraction of sp³-hybridized carbons (Fsp3) is 0.421. The highest BCUT2D eigenvalue weighted by molar-refractivity contribution is 6.43. The van der Waals surface area contributed by atoms with Crippen molar-refractivity contribution in [3.05, 3.63) is 57.6 Å². The second kappa shape index (κ2) is 8.07. The minimum Gasteiger partial charge on any atom is -0.351 e.